The molecule has 0 aliphatic carbocycles. The van der Waals surface area contributed by atoms with E-state index >= 15 is 0 Å². The Hall–Kier alpha value is -3.03. The molecule has 19 heteroatoms. The number of nitrogens with one attached hydrogen (secondary N) is 1. The summed E-state index contributed by atoms with van der Waals surface area (Å²) in [5.41, 5.74) is 0. The van der Waals surface area contributed by atoms with Gasteiger partial charge in [0.15, 0.2) is 18.9 Å². The molecule has 96 heavy (non-hydrogen) atoms. The molecule has 3 aliphatic heterocycles. The minimum atomic E-state index is -1.97. The van der Waals surface area contributed by atoms with Crippen molar-refractivity contribution in [2.45, 2.75) is 369 Å². The zero-order chi connectivity index (χ0) is 69.6. The Morgan fingerprint density at radius 2 is 0.719 bits per heavy atom. The molecule has 0 radical (unpaired) electrons. The van der Waals surface area contributed by atoms with Gasteiger partial charge in [-0.2, -0.15) is 0 Å². The molecule has 3 heterocycles. The van der Waals surface area contributed by atoms with Crippen LogP contribution < -0.4 is 5.32 Å². The highest BCUT2D eigenvalue weighted by molar-refractivity contribution is 5.76. The van der Waals surface area contributed by atoms with Gasteiger partial charge < -0.3 is 89.9 Å². The number of aliphatic hydroxyl groups is 11. The fourth-order valence-corrected chi connectivity index (χ4v) is 12.4. The second-order valence-electron chi connectivity index (χ2n) is 26.7. The maximum atomic E-state index is 13.4. The van der Waals surface area contributed by atoms with Gasteiger partial charge in [-0.25, -0.2) is 0 Å². The van der Waals surface area contributed by atoms with Crippen LogP contribution in [0.1, 0.15) is 264 Å². The summed E-state index contributed by atoms with van der Waals surface area (Å²) in [5, 5.41) is 120. The summed E-state index contributed by atoms with van der Waals surface area (Å²) in [5.74, 6) is -0.244. The monoisotopic (exact) mass is 1360 g/mol. The number of carbonyl (C=O) groups excluding carboxylic acids is 1. The van der Waals surface area contributed by atoms with Crippen molar-refractivity contribution in [1.29, 1.82) is 0 Å². The minimum Gasteiger partial charge on any atom is -0.394 e. The molecule has 12 N–H and O–H groups in total. The van der Waals surface area contributed by atoms with E-state index in [2.05, 4.69) is 104 Å². The lowest BCUT2D eigenvalue weighted by molar-refractivity contribution is -0.379. The Bertz CT molecular complexity index is 2070. The fourth-order valence-electron chi connectivity index (χ4n) is 12.4. The number of allylic oxidation sites excluding steroid dienone is 14. The van der Waals surface area contributed by atoms with E-state index < -0.39 is 124 Å². The molecular weight excluding hydrogens is 1230 g/mol. The molecule has 0 aromatic rings. The average molecular weight is 1360 g/mol. The van der Waals surface area contributed by atoms with Crippen LogP contribution in [-0.4, -0.2) is 193 Å². The van der Waals surface area contributed by atoms with E-state index in [1.54, 1.807) is 0 Å². The quantitative estimate of drug-likeness (QED) is 0.0199. The summed E-state index contributed by atoms with van der Waals surface area (Å²) in [6.45, 7) is 1.66. The van der Waals surface area contributed by atoms with Gasteiger partial charge in [0, 0.05) is 6.42 Å². The van der Waals surface area contributed by atoms with Gasteiger partial charge in [0.25, 0.3) is 0 Å². The van der Waals surface area contributed by atoms with Gasteiger partial charge in [0.05, 0.1) is 38.6 Å². The minimum absolute atomic E-state index is 0.244. The number of hydrogen-bond acceptors (Lipinski definition) is 18. The van der Waals surface area contributed by atoms with Crippen molar-refractivity contribution < 1.29 is 89.4 Å². The molecular formula is C77H135NO18. The highest BCUT2D eigenvalue weighted by Gasteiger charge is 2.53. The maximum absolute atomic E-state index is 13.4. The lowest BCUT2D eigenvalue weighted by Crippen LogP contribution is -2.66. The van der Waals surface area contributed by atoms with Crippen LogP contribution in [0.15, 0.2) is 85.1 Å². The van der Waals surface area contributed by atoms with Crippen molar-refractivity contribution in [1.82, 2.24) is 5.32 Å². The number of aliphatic hydroxyl groups excluding tert-OH is 11. The number of amides is 1. The van der Waals surface area contributed by atoms with Crippen LogP contribution in [0.25, 0.3) is 0 Å². The van der Waals surface area contributed by atoms with E-state index in [1.807, 2.05) is 0 Å². The summed E-state index contributed by atoms with van der Waals surface area (Å²) in [6.07, 6.45) is 48.5. The van der Waals surface area contributed by atoms with E-state index in [0.29, 0.717) is 12.8 Å². The van der Waals surface area contributed by atoms with E-state index in [4.69, 9.17) is 28.4 Å². The van der Waals surface area contributed by atoms with Crippen molar-refractivity contribution in [2.75, 3.05) is 26.4 Å². The lowest BCUT2D eigenvalue weighted by Gasteiger charge is -2.48. The van der Waals surface area contributed by atoms with Crippen molar-refractivity contribution in [3.63, 3.8) is 0 Å². The van der Waals surface area contributed by atoms with Crippen LogP contribution >= 0.6 is 0 Å². The molecule has 0 spiro atoms. The van der Waals surface area contributed by atoms with Crippen LogP contribution in [0.2, 0.25) is 0 Å². The van der Waals surface area contributed by atoms with Crippen LogP contribution in [0.3, 0.4) is 0 Å². The van der Waals surface area contributed by atoms with Gasteiger partial charge in [-0.3, -0.25) is 4.79 Å². The predicted octanol–water partition coefficient (Wildman–Crippen LogP) is 11.4. The van der Waals surface area contributed by atoms with Crippen LogP contribution in [0, 0.1) is 0 Å². The molecule has 0 aromatic carbocycles. The van der Waals surface area contributed by atoms with E-state index in [-0.39, 0.29) is 18.9 Å². The van der Waals surface area contributed by atoms with Gasteiger partial charge in [0.1, 0.15) is 73.2 Å². The first-order valence-electron chi connectivity index (χ1n) is 37.8. The van der Waals surface area contributed by atoms with Gasteiger partial charge in [-0.1, -0.05) is 272 Å². The zero-order valence-corrected chi connectivity index (χ0v) is 59.1. The fraction of sp³-hybridized carbons (Fsp3) is 0.805. The van der Waals surface area contributed by atoms with Crippen LogP contribution in [0.4, 0.5) is 0 Å². The maximum Gasteiger partial charge on any atom is 0.220 e. The summed E-state index contributed by atoms with van der Waals surface area (Å²) >= 11 is 0. The smallest absolute Gasteiger partial charge is 0.220 e. The van der Waals surface area contributed by atoms with Gasteiger partial charge >= 0.3 is 0 Å². The first-order valence-corrected chi connectivity index (χ1v) is 37.8. The first kappa shape index (κ1) is 87.2. The van der Waals surface area contributed by atoms with Gasteiger partial charge in [0.2, 0.25) is 5.91 Å². The Balaban J connectivity index is 1.26. The molecule has 0 bridgehead atoms. The zero-order valence-electron chi connectivity index (χ0n) is 59.1. The molecule has 3 rings (SSSR count). The molecule has 3 fully saturated rings. The number of rotatable bonds is 58. The van der Waals surface area contributed by atoms with Crippen LogP contribution in [-0.2, 0) is 33.2 Å². The SMILES string of the molecule is CC/C=C\C/C=C\C/C=C\C/C=C\C/C=C\C/C=C\C/C=C\CCCCCCCCCCCCCCCCCCCCCC(=O)NC(COC1OC(CO)C(OC2OC(CO)C(OC3OC(CO)C(O)C(O)C3O)C(O)C2O)C(O)C1O)C(O)CCCCCCCCCCCC. The van der Waals surface area contributed by atoms with Gasteiger partial charge in [-0.05, 0) is 70.6 Å². The summed E-state index contributed by atoms with van der Waals surface area (Å²) < 4.78 is 34.4. The third-order valence-electron chi connectivity index (χ3n) is 18.5. The molecule has 0 aromatic heterocycles. The second kappa shape index (κ2) is 57.6. The Morgan fingerprint density at radius 3 is 1.12 bits per heavy atom. The summed E-state index contributed by atoms with van der Waals surface area (Å²) in [6, 6.07) is -0.887. The van der Waals surface area contributed by atoms with Crippen molar-refractivity contribution >= 4 is 5.91 Å². The number of carbonyl (C=O) groups is 1. The molecule has 556 valence electrons. The topological polar surface area (TPSA) is 307 Å². The second-order valence-corrected chi connectivity index (χ2v) is 26.7. The molecule has 0 saturated carbocycles. The van der Waals surface area contributed by atoms with Gasteiger partial charge in [-0.15, -0.1) is 0 Å². The van der Waals surface area contributed by atoms with E-state index in [1.165, 1.54) is 141 Å². The molecule has 17 atom stereocenters. The Kier molecular flexibility index (Phi) is 52.3. The van der Waals surface area contributed by atoms with E-state index in [0.717, 1.165) is 89.9 Å². The largest absolute Gasteiger partial charge is 0.394 e. The van der Waals surface area contributed by atoms with Crippen molar-refractivity contribution in [3.05, 3.63) is 85.1 Å². The standard InChI is InChI=1S/C77H135NO18/c1-3-5-7-9-11-13-15-16-17-18-19-20-21-22-23-24-25-26-27-28-29-30-31-32-33-34-35-36-37-38-39-40-41-42-43-44-45-47-49-51-53-55-65(83)78-60(61(82)54-52-50-48-46-14-12-10-8-6-4-2)59-91-75-71(89)68(86)73(63(57-80)93-75)96-77-72(90)69(87)74(64(58-81)94-77)95-76-70(88)67(85)66(84)62(56-79)92-76/h5,7,11,13,16-17,19-20,22-23,25-26,28-29,60-64,66-77,79-82,84-90H,3-4,6,8-10,12,14-15,18,21,24,27,30-59H2,1-2H3,(H,78,83)/b7-5-,13-11-,17-16-,20-19-,23-22-,26-25-,29-28-. The normalized spacial score (nSPS) is 27.5. The highest BCUT2D eigenvalue weighted by atomic mass is 16.8. The third kappa shape index (κ3) is 38.1. The molecule has 3 aliphatic rings. The number of hydrogen-bond donors (Lipinski definition) is 12. The first-order chi connectivity index (χ1) is 46.8. The molecule has 19 nitrogen and oxygen atoms in total. The predicted molar refractivity (Wildman–Crippen MR) is 378 cm³/mol. The van der Waals surface area contributed by atoms with Crippen LogP contribution in [0.5, 0.6) is 0 Å². The summed E-state index contributed by atoms with van der Waals surface area (Å²) in [4.78, 5) is 13.4. The Morgan fingerprint density at radius 1 is 0.385 bits per heavy atom. The van der Waals surface area contributed by atoms with Crippen molar-refractivity contribution in [2.24, 2.45) is 0 Å². The number of unbranched alkanes of at least 4 members (excludes halogenated alkanes) is 28. The Labute approximate surface area is 578 Å². The van der Waals surface area contributed by atoms with Crippen molar-refractivity contribution in [3.8, 4) is 0 Å². The number of ether oxygens (including phenoxy) is 6. The third-order valence-corrected chi connectivity index (χ3v) is 18.5. The molecule has 17 unspecified atom stereocenters. The molecule has 1 amide bonds. The average Bonchev–Trinajstić information content (AvgIpc) is 0.849. The molecule has 3 saturated heterocycles. The summed E-state index contributed by atoms with van der Waals surface area (Å²) in [7, 11) is 0. The highest BCUT2D eigenvalue weighted by Crippen LogP contribution is 2.33. The van der Waals surface area contributed by atoms with E-state index in [9.17, 15) is 61.0 Å². The lowest BCUT2D eigenvalue weighted by atomic mass is 9.96.